The Morgan fingerprint density at radius 1 is 1.42 bits per heavy atom. The van der Waals surface area contributed by atoms with Crippen molar-refractivity contribution in [3.63, 3.8) is 0 Å². The second-order valence-electron chi connectivity index (χ2n) is 2.80. The summed E-state index contributed by atoms with van der Waals surface area (Å²) in [5, 5.41) is 8.52. The standard InChI is InChI=1S/C6H12O5S/c1-4(2)5(6(7)8)11-12(3,9)10/h4-5H,1-3H3,(H,7,8). The van der Waals surface area contributed by atoms with Crippen LogP contribution in [0.2, 0.25) is 0 Å². The Bertz CT molecular complexity index is 253. The highest BCUT2D eigenvalue weighted by molar-refractivity contribution is 7.86. The van der Waals surface area contributed by atoms with Crippen LogP contribution < -0.4 is 0 Å². The maximum Gasteiger partial charge on any atom is 0.334 e. The van der Waals surface area contributed by atoms with Gasteiger partial charge in [-0.2, -0.15) is 8.42 Å². The monoisotopic (exact) mass is 196 g/mol. The summed E-state index contributed by atoms with van der Waals surface area (Å²) >= 11 is 0. The third-order valence-electron chi connectivity index (χ3n) is 1.13. The molecule has 0 spiro atoms. The Morgan fingerprint density at radius 2 is 1.83 bits per heavy atom. The molecule has 1 N–H and O–H groups in total. The van der Waals surface area contributed by atoms with Crippen LogP contribution in [0.15, 0.2) is 0 Å². The Kier molecular flexibility index (Phi) is 3.66. The molecule has 0 aromatic heterocycles. The highest BCUT2D eigenvalue weighted by Crippen LogP contribution is 2.09. The molecule has 12 heavy (non-hydrogen) atoms. The van der Waals surface area contributed by atoms with Crippen LogP contribution in [0.3, 0.4) is 0 Å². The number of aliphatic carboxylic acids is 1. The minimum Gasteiger partial charge on any atom is -0.479 e. The lowest BCUT2D eigenvalue weighted by Crippen LogP contribution is -2.31. The van der Waals surface area contributed by atoms with Gasteiger partial charge in [-0.1, -0.05) is 13.8 Å². The van der Waals surface area contributed by atoms with Crippen molar-refractivity contribution in [1.29, 1.82) is 0 Å². The second-order valence-corrected chi connectivity index (χ2v) is 4.40. The molecule has 1 unspecified atom stereocenters. The van der Waals surface area contributed by atoms with Gasteiger partial charge in [-0.25, -0.2) is 4.79 Å². The van der Waals surface area contributed by atoms with Gasteiger partial charge in [0.1, 0.15) is 0 Å². The molecule has 0 saturated heterocycles. The molecule has 0 aliphatic rings. The van der Waals surface area contributed by atoms with Crippen molar-refractivity contribution in [2.45, 2.75) is 20.0 Å². The smallest absolute Gasteiger partial charge is 0.334 e. The van der Waals surface area contributed by atoms with Crippen molar-refractivity contribution in [3.8, 4) is 0 Å². The lowest BCUT2D eigenvalue weighted by Gasteiger charge is -2.14. The minimum atomic E-state index is -3.69. The third-order valence-corrected chi connectivity index (χ3v) is 1.68. The van der Waals surface area contributed by atoms with E-state index in [-0.39, 0.29) is 5.92 Å². The Labute approximate surface area is 71.5 Å². The summed E-state index contributed by atoms with van der Waals surface area (Å²) < 4.78 is 25.5. The lowest BCUT2D eigenvalue weighted by atomic mass is 10.1. The van der Waals surface area contributed by atoms with Crippen LogP contribution in [0.1, 0.15) is 13.8 Å². The summed E-state index contributed by atoms with van der Waals surface area (Å²) in [5.41, 5.74) is 0. The quantitative estimate of drug-likeness (QED) is 0.643. The fraction of sp³-hybridized carbons (Fsp3) is 0.833. The van der Waals surface area contributed by atoms with Gasteiger partial charge in [0.15, 0.2) is 6.10 Å². The van der Waals surface area contributed by atoms with E-state index in [4.69, 9.17) is 5.11 Å². The van der Waals surface area contributed by atoms with Crippen molar-refractivity contribution in [1.82, 2.24) is 0 Å². The molecule has 0 radical (unpaired) electrons. The summed E-state index contributed by atoms with van der Waals surface area (Å²) in [4.78, 5) is 10.4. The summed E-state index contributed by atoms with van der Waals surface area (Å²) in [5.74, 6) is -1.65. The first-order valence-corrected chi connectivity index (χ1v) is 5.16. The van der Waals surface area contributed by atoms with Gasteiger partial charge in [-0.15, -0.1) is 0 Å². The van der Waals surface area contributed by atoms with E-state index in [1.165, 1.54) is 0 Å². The third kappa shape index (κ3) is 4.30. The molecule has 0 aromatic rings. The van der Waals surface area contributed by atoms with Crippen LogP contribution in [0.4, 0.5) is 0 Å². The zero-order valence-electron chi connectivity index (χ0n) is 7.14. The molecule has 0 fully saturated rings. The van der Waals surface area contributed by atoms with E-state index in [0.29, 0.717) is 0 Å². The van der Waals surface area contributed by atoms with E-state index in [1.54, 1.807) is 13.8 Å². The molecule has 72 valence electrons. The molecule has 0 amide bonds. The van der Waals surface area contributed by atoms with Gasteiger partial charge in [0.25, 0.3) is 10.1 Å². The van der Waals surface area contributed by atoms with E-state index in [1.807, 2.05) is 0 Å². The van der Waals surface area contributed by atoms with Crippen LogP contribution in [0.5, 0.6) is 0 Å². The zero-order chi connectivity index (χ0) is 9.94. The molecule has 0 rings (SSSR count). The average Bonchev–Trinajstić information content (AvgIpc) is 1.79. The van der Waals surface area contributed by atoms with Crippen LogP contribution in [0.25, 0.3) is 0 Å². The Hall–Kier alpha value is -0.620. The second kappa shape index (κ2) is 3.86. The fourth-order valence-electron chi connectivity index (χ4n) is 0.626. The van der Waals surface area contributed by atoms with Gasteiger partial charge in [-0.05, 0) is 5.92 Å². The van der Waals surface area contributed by atoms with Crippen molar-refractivity contribution >= 4 is 16.1 Å². The first-order valence-electron chi connectivity index (χ1n) is 3.35. The molecule has 0 saturated carbocycles. The Morgan fingerprint density at radius 3 is 1.92 bits per heavy atom. The van der Waals surface area contributed by atoms with Gasteiger partial charge in [0.05, 0.1) is 6.26 Å². The molecule has 0 aromatic carbocycles. The highest BCUT2D eigenvalue weighted by Gasteiger charge is 2.26. The largest absolute Gasteiger partial charge is 0.479 e. The van der Waals surface area contributed by atoms with Crippen LogP contribution in [-0.4, -0.2) is 31.9 Å². The zero-order valence-corrected chi connectivity index (χ0v) is 7.96. The van der Waals surface area contributed by atoms with E-state index >= 15 is 0 Å². The average molecular weight is 196 g/mol. The number of hydrogen-bond acceptors (Lipinski definition) is 4. The SMILES string of the molecule is CC(C)C(OS(C)(=O)=O)C(=O)O. The molecule has 6 heteroatoms. The first kappa shape index (κ1) is 11.4. The molecular formula is C6H12O5S. The maximum atomic E-state index is 10.6. The van der Waals surface area contributed by atoms with Crippen molar-refractivity contribution in [2.75, 3.05) is 6.26 Å². The van der Waals surface area contributed by atoms with Gasteiger partial charge < -0.3 is 5.11 Å². The lowest BCUT2D eigenvalue weighted by molar-refractivity contribution is -0.146. The number of rotatable bonds is 4. The van der Waals surface area contributed by atoms with E-state index < -0.39 is 22.2 Å². The topological polar surface area (TPSA) is 80.7 Å². The number of hydrogen-bond donors (Lipinski definition) is 1. The van der Waals surface area contributed by atoms with Crippen LogP contribution in [-0.2, 0) is 19.1 Å². The summed E-state index contributed by atoms with van der Waals surface area (Å²) in [6.45, 7) is 3.15. The predicted octanol–water partition coefficient (Wildman–Crippen LogP) is 0.0718. The van der Waals surface area contributed by atoms with E-state index in [0.717, 1.165) is 6.26 Å². The predicted molar refractivity (Wildman–Crippen MR) is 42.2 cm³/mol. The van der Waals surface area contributed by atoms with E-state index in [2.05, 4.69) is 4.18 Å². The summed E-state index contributed by atoms with van der Waals surface area (Å²) in [6, 6.07) is 0. The van der Waals surface area contributed by atoms with Crippen LogP contribution >= 0.6 is 0 Å². The molecule has 5 nitrogen and oxygen atoms in total. The highest BCUT2D eigenvalue weighted by atomic mass is 32.2. The first-order chi connectivity index (χ1) is 5.24. The number of carboxylic acid groups (broad SMARTS) is 1. The fourth-order valence-corrected chi connectivity index (χ4v) is 1.31. The number of carbonyl (C=O) groups is 1. The van der Waals surface area contributed by atoms with Gasteiger partial charge >= 0.3 is 5.97 Å². The molecular weight excluding hydrogens is 184 g/mol. The molecule has 0 aliphatic carbocycles. The normalized spacial score (nSPS) is 14.7. The Balaban J connectivity index is 4.46. The molecule has 1 atom stereocenters. The summed E-state index contributed by atoms with van der Waals surface area (Å²) in [7, 11) is -3.69. The maximum absolute atomic E-state index is 10.6. The van der Waals surface area contributed by atoms with Crippen molar-refractivity contribution in [3.05, 3.63) is 0 Å². The number of carboxylic acids is 1. The van der Waals surface area contributed by atoms with Crippen molar-refractivity contribution < 1.29 is 22.5 Å². The van der Waals surface area contributed by atoms with Gasteiger partial charge in [0.2, 0.25) is 0 Å². The molecule has 0 heterocycles. The van der Waals surface area contributed by atoms with Gasteiger partial charge in [-0.3, -0.25) is 4.18 Å². The summed E-state index contributed by atoms with van der Waals surface area (Å²) in [6.07, 6.45) is -0.467. The molecule has 0 bridgehead atoms. The van der Waals surface area contributed by atoms with Crippen molar-refractivity contribution in [2.24, 2.45) is 5.92 Å². The minimum absolute atomic E-state index is 0.378. The van der Waals surface area contributed by atoms with Crippen LogP contribution in [0, 0.1) is 5.92 Å². The molecule has 0 aliphatic heterocycles. The van der Waals surface area contributed by atoms with Gasteiger partial charge in [0, 0.05) is 0 Å². The van der Waals surface area contributed by atoms with E-state index in [9.17, 15) is 13.2 Å².